The Morgan fingerprint density at radius 2 is 1.74 bits per heavy atom. The highest BCUT2D eigenvalue weighted by Gasteiger charge is 2.26. The molecule has 10 nitrogen and oxygen atoms in total. The number of anilines is 6. The van der Waals surface area contributed by atoms with Gasteiger partial charge in [-0.2, -0.15) is 4.98 Å². The zero-order valence-corrected chi connectivity index (χ0v) is 21.0. The number of hydrogen-bond acceptors (Lipinski definition) is 10. The van der Waals surface area contributed by atoms with Crippen molar-refractivity contribution in [3.8, 4) is 5.75 Å². The molecule has 5 rings (SSSR count). The van der Waals surface area contributed by atoms with Crippen LogP contribution in [0, 0.1) is 0 Å². The van der Waals surface area contributed by atoms with Crippen molar-refractivity contribution in [3.05, 3.63) is 47.2 Å². The van der Waals surface area contributed by atoms with Gasteiger partial charge in [0.2, 0.25) is 11.9 Å². The van der Waals surface area contributed by atoms with E-state index in [1.54, 1.807) is 12.1 Å². The second kappa shape index (κ2) is 10.6. The molecule has 2 fully saturated rings. The van der Waals surface area contributed by atoms with Gasteiger partial charge in [-0.15, -0.1) is 0 Å². The van der Waals surface area contributed by atoms with Crippen LogP contribution in [0.15, 0.2) is 47.2 Å². The smallest absolute Gasteiger partial charge is 0.232 e. The highest BCUT2D eigenvalue weighted by molar-refractivity contribution is 9.10. The Bertz CT molecular complexity index is 1160. The van der Waals surface area contributed by atoms with Gasteiger partial charge in [-0.1, -0.05) is 22.0 Å². The minimum absolute atomic E-state index is 0.0943. The summed E-state index contributed by atoms with van der Waals surface area (Å²) in [6, 6.07) is 11.8. The van der Waals surface area contributed by atoms with Crippen LogP contribution < -0.4 is 26.6 Å². The minimum atomic E-state index is 0.0943. The third-order valence-electron chi connectivity index (χ3n) is 6.52. The van der Waals surface area contributed by atoms with E-state index in [-0.39, 0.29) is 5.75 Å². The summed E-state index contributed by atoms with van der Waals surface area (Å²) in [5.41, 5.74) is 9.15. The van der Waals surface area contributed by atoms with Gasteiger partial charge in [-0.05, 0) is 50.2 Å². The monoisotopic (exact) mass is 539 g/mol. The van der Waals surface area contributed by atoms with Crippen molar-refractivity contribution in [2.75, 3.05) is 60.5 Å². The van der Waals surface area contributed by atoms with E-state index in [4.69, 9.17) is 5.73 Å². The zero-order chi connectivity index (χ0) is 24.2. The summed E-state index contributed by atoms with van der Waals surface area (Å²) in [7, 11) is 0. The number of nitrogen functional groups attached to an aromatic ring is 1. The van der Waals surface area contributed by atoms with E-state index in [1.165, 1.54) is 19.2 Å². The molecule has 0 amide bonds. The highest BCUT2D eigenvalue weighted by atomic mass is 79.9. The van der Waals surface area contributed by atoms with Crippen molar-refractivity contribution in [3.63, 3.8) is 0 Å². The molecule has 1 aromatic heterocycles. The van der Waals surface area contributed by atoms with E-state index >= 15 is 0 Å². The average Bonchev–Trinajstić information content (AvgIpc) is 2.87. The van der Waals surface area contributed by atoms with Crippen LogP contribution in [0.3, 0.4) is 0 Å². The van der Waals surface area contributed by atoms with Gasteiger partial charge >= 0.3 is 0 Å². The lowest BCUT2D eigenvalue weighted by atomic mass is 10.0. The summed E-state index contributed by atoms with van der Waals surface area (Å²) >= 11 is 3.45. The fourth-order valence-electron chi connectivity index (χ4n) is 4.70. The van der Waals surface area contributed by atoms with Crippen molar-refractivity contribution in [1.82, 2.24) is 25.2 Å². The molecule has 0 radical (unpaired) electrons. The van der Waals surface area contributed by atoms with Gasteiger partial charge in [0.25, 0.3) is 0 Å². The third-order valence-corrected chi connectivity index (χ3v) is 7.02. The summed E-state index contributed by atoms with van der Waals surface area (Å²) in [4.78, 5) is 17.6. The molecule has 2 saturated heterocycles. The number of rotatable bonds is 6. The third kappa shape index (κ3) is 5.75. The summed E-state index contributed by atoms with van der Waals surface area (Å²) in [6.07, 6.45) is 3.83. The number of piperazine rings is 1. The summed E-state index contributed by atoms with van der Waals surface area (Å²) in [5, 5.41) is 20.4. The lowest BCUT2D eigenvalue weighted by Gasteiger charge is -2.42. The number of halogens is 1. The van der Waals surface area contributed by atoms with Crippen LogP contribution in [-0.4, -0.2) is 70.3 Å². The zero-order valence-electron chi connectivity index (χ0n) is 19.4. The molecule has 0 unspecified atom stereocenters. The molecule has 0 aliphatic carbocycles. The average molecular weight is 540 g/mol. The van der Waals surface area contributed by atoms with Gasteiger partial charge < -0.3 is 31.7 Å². The van der Waals surface area contributed by atoms with Gasteiger partial charge in [0.15, 0.2) is 0 Å². The number of hydrogen-bond donors (Lipinski definition) is 5. The van der Waals surface area contributed by atoms with Crippen LogP contribution in [0.2, 0.25) is 0 Å². The van der Waals surface area contributed by atoms with E-state index in [9.17, 15) is 5.11 Å². The Morgan fingerprint density at radius 1 is 1.00 bits per heavy atom. The maximum Gasteiger partial charge on any atom is 0.232 e. The molecule has 35 heavy (non-hydrogen) atoms. The Labute approximate surface area is 213 Å². The summed E-state index contributed by atoms with van der Waals surface area (Å²) < 4.78 is 0.947. The standard InChI is InChI=1S/C24H30BrN9O/c25-16-2-1-3-17(12-16)30-23-28-15-29-24(32-23)31-20-13-19(26)21(14-22(20)35)34-10-8-33(9-11-34)18-4-6-27-7-5-18/h1-3,12-15,18,27,35H,4-11,26H2,(H2,28,29,30,31,32). The number of nitrogens with zero attached hydrogens (tertiary/aromatic N) is 5. The fraction of sp³-hybridized carbons (Fsp3) is 0.375. The van der Waals surface area contributed by atoms with E-state index < -0.39 is 0 Å². The van der Waals surface area contributed by atoms with Crippen LogP contribution in [-0.2, 0) is 0 Å². The van der Waals surface area contributed by atoms with Crippen LogP contribution in [0.4, 0.5) is 34.6 Å². The fourth-order valence-corrected chi connectivity index (χ4v) is 5.10. The van der Waals surface area contributed by atoms with Crippen molar-refractivity contribution < 1.29 is 5.11 Å². The molecule has 3 heterocycles. The molecule has 3 aromatic rings. The first-order valence-electron chi connectivity index (χ1n) is 11.9. The number of nitrogens with one attached hydrogen (secondary N) is 3. The van der Waals surface area contributed by atoms with Crippen LogP contribution in [0.1, 0.15) is 12.8 Å². The van der Waals surface area contributed by atoms with Gasteiger partial charge in [0.1, 0.15) is 12.1 Å². The molecule has 2 aliphatic rings. The first kappa shape index (κ1) is 23.6. The number of phenolic OH excluding ortho intramolecular Hbond substituents is 1. The maximum absolute atomic E-state index is 10.7. The van der Waals surface area contributed by atoms with Crippen molar-refractivity contribution in [2.24, 2.45) is 0 Å². The predicted molar refractivity (Wildman–Crippen MR) is 143 cm³/mol. The van der Waals surface area contributed by atoms with E-state index in [0.717, 1.165) is 55.1 Å². The second-order valence-electron chi connectivity index (χ2n) is 8.83. The Hall–Kier alpha value is -3.15. The molecule has 2 aromatic carbocycles. The van der Waals surface area contributed by atoms with Crippen molar-refractivity contribution in [1.29, 1.82) is 0 Å². The number of aromatic hydroxyl groups is 1. The number of aromatic nitrogens is 3. The van der Waals surface area contributed by atoms with Crippen LogP contribution in [0.5, 0.6) is 5.75 Å². The van der Waals surface area contributed by atoms with E-state index in [1.807, 2.05) is 24.3 Å². The van der Waals surface area contributed by atoms with Crippen molar-refractivity contribution in [2.45, 2.75) is 18.9 Å². The van der Waals surface area contributed by atoms with Crippen molar-refractivity contribution >= 4 is 50.6 Å². The Balaban J connectivity index is 1.25. The summed E-state index contributed by atoms with van der Waals surface area (Å²) in [5.74, 6) is 0.781. The highest BCUT2D eigenvalue weighted by Crippen LogP contribution is 2.36. The van der Waals surface area contributed by atoms with Gasteiger partial charge in [-0.3, -0.25) is 4.90 Å². The van der Waals surface area contributed by atoms with Crippen LogP contribution in [0.25, 0.3) is 0 Å². The molecule has 6 N–H and O–H groups in total. The Kier molecular flexibility index (Phi) is 7.16. The summed E-state index contributed by atoms with van der Waals surface area (Å²) in [6.45, 7) is 5.98. The molecule has 0 spiro atoms. The maximum atomic E-state index is 10.7. The van der Waals surface area contributed by atoms with Crippen LogP contribution >= 0.6 is 15.9 Å². The largest absolute Gasteiger partial charge is 0.506 e. The Morgan fingerprint density at radius 3 is 2.49 bits per heavy atom. The molecule has 0 saturated carbocycles. The molecule has 0 atom stereocenters. The number of piperidine rings is 1. The topological polar surface area (TPSA) is 127 Å². The first-order valence-corrected chi connectivity index (χ1v) is 12.7. The predicted octanol–water partition coefficient (Wildman–Crippen LogP) is 3.28. The quantitative estimate of drug-likeness (QED) is 0.181. The van der Waals surface area contributed by atoms with E-state index in [0.29, 0.717) is 29.3 Å². The lowest BCUT2D eigenvalue weighted by Crippen LogP contribution is -2.52. The normalized spacial score (nSPS) is 17.3. The SMILES string of the molecule is Nc1cc(Nc2ncnc(Nc3cccc(Br)c3)n2)c(O)cc1N1CCN(C2CCNCC2)CC1. The molecule has 0 bridgehead atoms. The number of benzene rings is 2. The molecule has 11 heteroatoms. The molecular formula is C24H30BrN9O. The van der Waals surface area contributed by atoms with E-state index in [2.05, 4.69) is 56.6 Å². The van der Waals surface area contributed by atoms with Gasteiger partial charge in [-0.25, -0.2) is 9.97 Å². The minimum Gasteiger partial charge on any atom is -0.506 e. The lowest BCUT2D eigenvalue weighted by molar-refractivity contribution is 0.153. The molecule has 2 aliphatic heterocycles. The second-order valence-corrected chi connectivity index (χ2v) is 9.74. The van der Waals surface area contributed by atoms with Gasteiger partial charge in [0.05, 0.1) is 17.1 Å². The number of phenols is 1. The first-order chi connectivity index (χ1) is 17.0. The molecule has 184 valence electrons. The number of nitrogens with two attached hydrogens (primary N) is 1. The molecular weight excluding hydrogens is 510 g/mol. The van der Waals surface area contributed by atoms with Gasteiger partial charge in [0, 0.05) is 48.4 Å².